The highest BCUT2D eigenvalue weighted by Crippen LogP contribution is 2.33. The van der Waals surface area contributed by atoms with Gasteiger partial charge in [-0.2, -0.15) is 0 Å². The van der Waals surface area contributed by atoms with Crippen molar-refractivity contribution >= 4 is 52.9 Å². The highest BCUT2D eigenvalue weighted by atomic mass is 16.4. The Kier molecular flexibility index (Phi) is 14.2. The predicted molar refractivity (Wildman–Crippen MR) is 182 cm³/mol. The van der Waals surface area contributed by atoms with Gasteiger partial charge in [0.2, 0.25) is 17.7 Å². The van der Waals surface area contributed by atoms with Crippen molar-refractivity contribution in [3.63, 3.8) is 0 Å². The van der Waals surface area contributed by atoms with E-state index in [1.807, 2.05) is 6.07 Å². The molecule has 0 fully saturated rings. The number of rotatable bonds is 17. The average Bonchev–Trinajstić information content (AvgIpc) is 3.08. The number of para-hydroxylation sites is 1. The number of anilines is 2. The predicted octanol–water partition coefficient (Wildman–Crippen LogP) is 2.84. The number of carbonyl (C=O) groups excluding carboxylic acids is 4. The first-order chi connectivity index (χ1) is 23.8. The second-order valence-electron chi connectivity index (χ2n) is 11.4. The Morgan fingerprint density at radius 2 is 1.40 bits per heavy atom. The molecule has 1 unspecified atom stereocenters. The summed E-state index contributed by atoms with van der Waals surface area (Å²) in [6.45, 7) is 3.21. The number of aliphatic carboxylic acids is 2. The van der Waals surface area contributed by atoms with Crippen LogP contribution in [0.2, 0.25) is 0 Å². The molecule has 50 heavy (non-hydrogen) atoms. The molecule has 0 aliphatic rings. The fourth-order valence-corrected chi connectivity index (χ4v) is 5.31. The molecule has 0 saturated heterocycles. The molecule has 3 aromatic carbocycles. The van der Waals surface area contributed by atoms with Crippen LogP contribution < -0.4 is 20.9 Å². The number of aromatic carboxylic acids is 1. The Morgan fingerprint density at radius 1 is 0.740 bits per heavy atom. The van der Waals surface area contributed by atoms with E-state index in [1.54, 1.807) is 43.3 Å². The first-order valence-electron chi connectivity index (χ1n) is 15.9. The number of nitrogens with one attached hydrogen (secondary N) is 3. The Bertz CT molecular complexity index is 1730. The quantitative estimate of drug-likeness (QED) is 0.0900. The number of hydrogen-bond donors (Lipinski definition) is 6. The molecule has 14 nitrogen and oxygen atoms in total. The van der Waals surface area contributed by atoms with Crippen LogP contribution in [0.15, 0.2) is 72.8 Å². The molecule has 6 N–H and O–H groups in total. The van der Waals surface area contributed by atoms with Crippen molar-refractivity contribution in [3.8, 4) is 0 Å². The lowest BCUT2D eigenvalue weighted by atomic mass is 9.99. The lowest BCUT2D eigenvalue weighted by Gasteiger charge is -2.26. The maximum absolute atomic E-state index is 13.1. The van der Waals surface area contributed by atoms with Crippen molar-refractivity contribution < 1.29 is 48.9 Å². The fourth-order valence-electron chi connectivity index (χ4n) is 5.31. The van der Waals surface area contributed by atoms with Crippen LogP contribution in [-0.2, 0) is 48.0 Å². The second-order valence-corrected chi connectivity index (χ2v) is 11.4. The van der Waals surface area contributed by atoms with Crippen molar-refractivity contribution in [2.75, 3.05) is 11.4 Å². The molecule has 0 radical (unpaired) electrons. The Hall–Kier alpha value is -6.05. The molecule has 3 aromatic rings. The van der Waals surface area contributed by atoms with Gasteiger partial charge in [-0.1, -0.05) is 61.5 Å². The number of benzene rings is 3. The van der Waals surface area contributed by atoms with Gasteiger partial charge >= 0.3 is 23.8 Å². The van der Waals surface area contributed by atoms with Crippen LogP contribution in [0.1, 0.15) is 60.2 Å². The van der Waals surface area contributed by atoms with E-state index in [1.165, 1.54) is 37.3 Å². The minimum Gasteiger partial charge on any atom is -0.480 e. The number of nitrogens with zero attached hydrogens (tertiary/aromatic N) is 1. The van der Waals surface area contributed by atoms with Crippen LogP contribution in [0.3, 0.4) is 0 Å². The standard InChI is InChI=1S/C36H40N4O10/c1-3-25-19-24(16-17-29(25)40(33(44)36(49)50)30-14-8-7-13-26(30)34(45)46)21-27(38-22(2)41)32(43)37-18-10-9-15-31(42)39-28(35(47)48)20-23-11-5-4-6-12-23/h4-8,11-14,16-17,19,27-28H,3,9-10,15,18,20-21H2,1-2H3,(H,37,43)(H,38,41)(H,39,42)(H,45,46)(H,47,48)(H,49,50)/t27?,28-/m0/s1. The lowest BCUT2D eigenvalue weighted by molar-refractivity contribution is -0.148. The summed E-state index contributed by atoms with van der Waals surface area (Å²) in [6.07, 6.45) is 1.31. The van der Waals surface area contributed by atoms with Crippen molar-refractivity contribution in [1.82, 2.24) is 16.0 Å². The van der Waals surface area contributed by atoms with Crippen LogP contribution in [0.5, 0.6) is 0 Å². The van der Waals surface area contributed by atoms with Crippen LogP contribution in [0.4, 0.5) is 11.4 Å². The van der Waals surface area contributed by atoms with Gasteiger partial charge < -0.3 is 31.3 Å². The maximum atomic E-state index is 13.1. The summed E-state index contributed by atoms with van der Waals surface area (Å²) >= 11 is 0. The molecule has 0 heterocycles. The van der Waals surface area contributed by atoms with Crippen LogP contribution in [0, 0.1) is 0 Å². The number of unbranched alkanes of at least 4 members (excludes halogenated alkanes) is 1. The molecule has 2 atom stereocenters. The first-order valence-corrected chi connectivity index (χ1v) is 15.9. The molecule has 264 valence electrons. The van der Waals surface area contributed by atoms with E-state index in [0.29, 0.717) is 30.4 Å². The van der Waals surface area contributed by atoms with Gasteiger partial charge in [-0.25, -0.2) is 14.4 Å². The molecule has 14 heteroatoms. The highest BCUT2D eigenvalue weighted by molar-refractivity contribution is 6.39. The molecule has 3 rings (SSSR count). The summed E-state index contributed by atoms with van der Waals surface area (Å²) in [5, 5.41) is 36.6. The zero-order valence-electron chi connectivity index (χ0n) is 27.7. The minimum atomic E-state index is -1.79. The summed E-state index contributed by atoms with van der Waals surface area (Å²) in [6, 6.07) is 17.1. The largest absolute Gasteiger partial charge is 0.480 e. The van der Waals surface area contributed by atoms with Gasteiger partial charge in [0.25, 0.3) is 0 Å². The molecule has 0 saturated carbocycles. The van der Waals surface area contributed by atoms with E-state index in [2.05, 4.69) is 16.0 Å². The average molecular weight is 689 g/mol. The summed E-state index contributed by atoms with van der Waals surface area (Å²) < 4.78 is 0. The monoisotopic (exact) mass is 688 g/mol. The summed E-state index contributed by atoms with van der Waals surface area (Å²) in [5.41, 5.74) is 1.59. The van der Waals surface area contributed by atoms with E-state index >= 15 is 0 Å². The van der Waals surface area contributed by atoms with Crippen molar-refractivity contribution in [2.45, 2.75) is 64.5 Å². The van der Waals surface area contributed by atoms with Crippen molar-refractivity contribution in [2.24, 2.45) is 0 Å². The van der Waals surface area contributed by atoms with E-state index in [-0.39, 0.29) is 42.7 Å². The molecule has 0 spiro atoms. The number of carboxylic acids is 3. The zero-order chi connectivity index (χ0) is 36.8. The molecule has 0 bridgehead atoms. The Labute approximate surface area is 288 Å². The highest BCUT2D eigenvalue weighted by Gasteiger charge is 2.30. The molecular weight excluding hydrogens is 648 g/mol. The van der Waals surface area contributed by atoms with Gasteiger partial charge in [-0.15, -0.1) is 0 Å². The number of hydrogen-bond acceptors (Lipinski definition) is 7. The number of carbonyl (C=O) groups is 7. The van der Waals surface area contributed by atoms with Gasteiger partial charge in [0.1, 0.15) is 12.1 Å². The third-order valence-electron chi connectivity index (χ3n) is 7.71. The smallest absolute Gasteiger partial charge is 0.395 e. The number of aryl methyl sites for hydroxylation is 1. The SMILES string of the molecule is CCc1cc(CC(NC(C)=O)C(=O)NCCCCC(=O)N[C@@H](Cc2ccccc2)C(=O)O)ccc1N(C(=O)C(=O)O)c1ccccc1C(=O)O. The van der Waals surface area contributed by atoms with Crippen LogP contribution in [-0.4, -0.2) is 75.5 Å². The summed E-state index contributed by atoms with van der Waals surface area (Å²) in [4.78, 5) is 86.5. The zero-order valence-corrected chi connectivity index (χ0v) is 27.7. The Balaban J connectivity index is 1.66. The molecule has 0 aromatic heterocycles. The van der Waals surface area contributed by atoms with Gasteiger partial charge in [0.05, 0.1) is 16.9 Å². The number of amides is 4. The molecule has 4 amide bonds. The van der Waals surface area contributed by atoms with E-state index in [4.69, 9.17) is 0 Å². The fraction of sp³-hybridized carbons (Fsp3) is 0.306. The second kappa shape index (κ2) is 18.5. The number of carboxylic acid groups (broad SMARTS) is 3. The topological polar surface area (TPSA) is 220 Å². The minimum absolute atomic E-state index is 0.0394. The van der Waals surface area contributed by atoms with Crippen molar-refractivity contribution in [1.29, 1.82) is 0 Å². The van der Waals surface area contributed by atoms with E-state index in [9.17, 15) is 48.9 Å². The van der Waals surface area contributed by atoms with E-state index in [0.717, 1.165) is 10.5 Å². The van der Waals surface area contributed by atoms with Crippen molar-refractivity contribution in [3.05, 3.63) is 95.1 Å². The van der Waals surface area contributed by atoms with Gasteiger partial charge in [0.15, 0.2) is 0 Å². The Morgan fingerprint density at radius 3 is 2.02 bits per heavy atom. The molecule has 0 aliphatic heterocycles. The summed E-state index contributed by atoms with van der Waals surface area (Å²) in [7, 11) is 0. The lowest BCUT2D eigenvalue weighted by Crippen LogP contribution is -2.47. The first kappa shape index (κ1) is 38.4. The van der Waals surface area contributed by atoms with Gasteiger partial charge in [-0.05, 0) is 54.2 Å². The van der Waals surface area contributed by atoms with E-state index < -0.39 is 53.6 Å². The van der Waals surface area contributed by atoms with Crippen LogP contribution >= 0.6 is 0 Å². The van der Waals surface area contributed by atoms with Gasteiger partial charge in [-0.3, -0.25) is 24.1 Å². The van der Waals surface area contributed by atoms with Gasteiger partial charge in [0, 0.05) is 32.7 Å². The third-order valence-corrected chi connectivity index (χ3v) is 7.71. The third kappa shape index (κ3) is 11.0. The molecule has 0 aliphatic carbocycles. The maximum Gasteiger partial charge on any atom is 0.395 e. The van der Waals surface area contributed by atoms with Crippen LogP contribution in [0.25, 0.3) is 0 Å². The molecular formula is C36H40N4O10. The normalized spacial score (nSPS) is 11.8. The summed E-state index contributed by atoms with van der Waals surface area (Å²) in [5.74, 6) is -7.01.